The summed E-state index contributed by atoms with van der Waals surface area (Å²) in [5.74, 6) is 0. The van der Waals surface area contributed by atoms with Crippen molar-refractivity contribution >= 4 is 104 Å². The third-order valence-corrected chi connectivity index (χ3v) is 0. The van der Waals surface area contributed by atoms with Crippen LogP contribution in [-0.2, 0) is 0 Å². The molecular weight excluding hydrogens is 216 g/mol. The van der Waals surface area contributed by atoms with E-state index in [0.717, 1.165) is 0 Å². The van der Waals surface area contributed by atoms with Crippen molar-refractivity contribution in [1.82, 2.24) is 0 Å². The van der Waals surface area contributed by atoms with E-state index in [2.05, 4.69) is 7.44 Å². The molecule has 4 heavy (non-hydrogen) atoms. The predicted molar refractivity (Wildman–Crippen MR) is 35.6 cm³/mol. The summed E-state index contributed by atoms with van der Waals surface area (Å²) in [5, 5.41) is 0. The van der Waals surface area contributed by atoms with Crippen molar-refractivity contribution in [3.8, 4) is 0 Å². The van der Waals surface area contributed by atoms with Gasteiger partial charge < -0.3 is 0 Å². The van der Waals surface area contributed by atoms with Crippen LogP contribution < -0.4 is 0 Å². The zero-order valence-electron chi connectivity index (χ0n) is 2.00. The SMILES string of the molecule is B[SiH3].[BaH2].[CaH2]. The molecule has 0 atom stereocenters. The Balaban J connectivity index is -0.00000000500. The molecule has 0 amide bonds. The van der Waals surface area contributed by atoms with E-state index in [4.69, 9.17) is 0 Å². The van der Waals surface area contributed by atoms with Crippen molar-refractivity contribution in [2.24, 2.45) is 0 Å². The molecule has 0 nitrogen and oxygen atoms in total. The molecule has 0 aromatic carbocycles. The molecule has 0 saturated heterocycles. The Labute approximate surface area is 101 Å². The molecular formula is H9BBaCaSi. The van der Waals surface area contributed by atoms with Gasteiger partial charge in [-0.25, -0.2) is 0 Å². The Bertz CT molecular complexity index is 8.00. The number of rotatable bonds is 0. The summed E-state index contributed by atoms with van der Waals surface area (Å²) in [6, 6.07) is 0. The second-order valence-electron chi connectivity index (χ2n) is 0. The molecule has 4 heteroatoms. The van der Waals surface area contributed by atoms with Gasteiger partial charge in [-0.3, -0.25) is 0 Å². The van der Waals surface area contributed by atoms with E-state index in [0.29, 0.717) is 0 Å². The van der Waals surface area contributed by atoms with E-state index in [1.165, 1.54) is 10.1 Å². The van der Waals surface area contributed by atoms with Gasteiger partial charge in [-0.1, -0.05) is 0 Å². The van der Waals surface area contributed by atoms with Crippen molar-refractivity contribution in [2.75, 3.05) is 0 Å². The van der Waals surface area contributed by atoms with Crippen LogP contribution in [-0.4, -0.2) is 104 Å². The zero-order valence-corrected chi connectivity index (χ0v) is 4.00. The van der Waals surface area contributed by atoms with Gasteiger partial charge in [0.15, 0.2) is 0 Å². The first-order valence-corrected chi connectivity index (χ1v) is 3.00. The Hall–Kier alpha value is 3.11. The summed E-state index contributed by atoms with van der Waals surface area (Å²) in [5.41, 5.74) is 0. The van der Waals surface area contributed by atoms with Crippen LogP contribution in [0.3, 0.4) is 0 Å². The quantitative estimate of drug-likeness (QED) is 0.370. The number of hydrogen-bond acceptors (Lipinski definition) is 0. The molecule has 0 aliphatic rings. The van der Waals surface area contributed by atoms with Crippen LogP contribution in [0.15, 0.2) is 0 Å². The first kappa shape index (κ1) is 15.7. The molecule has 0 aliphatic carbocycles. The molecule has 0 aliphatic heterocycles. The molecule has 0 unspecified atom stereocenters. The van der Waals surface area contributed by atoms with Gasteiger partial charge in [0.05, 0.1) is 7.44 Å². The summed E-state index contributed by atoms with van der Waals surface area (Å²) in [4.78, 5) is 0. The molecule has 0 bridgehead atoms. The van der Waals surface area contributed by atoms with Crippen molar-refractivity contribution < 1.29 is 0 Å². The fourth-order valence-corrected chi connectivity index (χ4v) is 0. The van der Waals surface area contributed by atoms with Crippen LogP contribution in [0.4, 0.5) is 0 Å². The third kappa shape index (κ3) is 8.93. The fourth-order valence-electron chi connectivity index (χ4n) is 0. The van der Waals surface area contributed by atoms with E-state index in [1.54, 1.807) is 0 Å². The Kier molecular flexibility index (Phi) is 64.8. The van der Waals surface area contributed by atoms with Crippen LogP contribution >= 0.6 is 0 Å². The van der Waals surface area contributed by atoms with Crippen LogP contribution in [0.1, 0.15) is 0 Å². The first-order chi connectivity index (χ1) is 1.00. The average Bonchev–Trinajstić information content (AvgIpc) is 1.00. The maximum atomic E-state index is 2.14. The summed E-state index contributed by atoms with van der Waals surface area (Å²) < 4.78 is 0. The van der Waals surface area contributed by atoms with Crippen LogP contribution in [0.2, 0.25) is 0 Å². The molecule has 0 aromatic heterocycles. The van der Waals surface area contributed by atoms with Crippen molar-refractivity contribution in [2.45, 2.75) is 0 Å². The van der Waals surface area contributed by atoms with Crippen molar-refractivity contribution in [3.05, 3.63) is 0 Å². The fraction of sp³-hybridized carbons (Fsp3) is 0. The van der Waals surface area contributed by atoms with Gasteiger partial charge in [-0.05, 0) is 10.1 Å². The van der Waals surface area contributed by atoms with Gasteiger partial charge >= 0.3 is 86.6 Å². The van der Waals surface area contributed by atoms with Crippen molar-refractivity contribution in [1.29, 1.82) is 0 Å². The molecule has 0 saturated carbocycles. The Morgan fingerprint density at radius 3 is 1.25 bits per heavy atom. The van der Waals surface area contributed by atoms with E-state index < -0.39 is 0 Å². The van der Waals surface area contributed by atoms with Crippen LogP contribution in [0.5, 0.6) is 0 Å². The van der Waals surface area contributed by atoms with E-state index >= 15 is 0 Å². The van der Waals surface area contributed by atoms with Gasteiger partial charge in [0.25, 0.3) is 0 Å². The maximum absolute atomic E-state index is 2.14. The standard InChI is InChI=1S/BH5Si.Ba.Ca.4H/c1-2;;;;;;/h1H2,2H3;;;;;;. The summed E-state index contributed by atoms with van der Waals surface area (Å²) in [6.07, 6.45) is 0. The van der Waals surface area contributed by atoms with E-state index in [-0.39, 0.29) is 86.6 Å². The zero-order chi connectivity index (χ0) is 2.00. The van der Waals surface area contributed by atoms with Crippen LogP contribution in [0.25, 0.3) is 0 Å². The second kappa shape index (κ2) is 16.5. The van der Waals surface area contributed by atoms with Gasteiger partial charge in [-0.2, -0.15) is 0 Å². The van der Waals surface area contributed by atoms with Crippen LogP contribution in [0, 0.1) is 0 Å². The monoisotopic (exact) mass is 226 g/mol. The molecule has 0 radical (unpaired) electrons. The molecule has 0 aromatic rings. The summed E-state index contributed by atoms with van der Waals surface area (Å²) in [7, 11) is 3.44. The molecule has 0 spiro atoms. The van der Waals surface area contributed by atoms with Gasteiger partial charge in [-0.15, -0.1) is 0 Å². The third-order valence-electron chi connectivity index (χ3n) is 0. The normalized spacial score (nSPS) is 2.00. The second-order valence-corrected chi connectivity index (χ2v) is 0. The van der Waals surface area contributed by atoms with Gasteiger partial charge in [0.1, 0.15) is 0 Å². The molecule has 0 fully saturated rings. The average molecular weight is 225 g/mol. The number of hydrogen-bond donors (Lipinski definition) is 0. The van der Waals surface area contributed by atoms with E-state index in [1.807, 2.05) is 0 Å². The molecule has 0 rings (SSSR count). The molecule has 0 heterocycles. The first-order valence-electron chi connectivity index (χ1n) is 1.00. The van der Waals surface area contributed by atoms with E-state index in [9.17, 15) is 0 Å². The molecule has 20 valence electrons. The van der Waals surface area contributed by atoms with Crippen molar-refractivity contribution in [3.63, 3.8) is 0 Å². The minimum atomic E-state index is 0. The Morgan fingerprint density at radius 2 is 1.25 bits per heavy atom. The topological polar surface area (TPSA) is 0 Å². The van der Waals surface area contributed by atoms with Gasteiger partial charge in [0, 0.05) is 0 Å². The summed E-state index contributed by atoms with van der Waals surface area (Å²) >= 11 is 0. The Morgan fingerprint density at radius 1 is 1.25 bits per heavy atom. The van der Waals surface area contributed by atoms with Gasteiger partial charge in [0.2, 0.25) is 0 Å². The minimum absolute atomic E-state index is 0. The predicted octanol–water partition coefficient (Wildman–Crippen LogP) is -3.93. The molecule has 0 N–H and O–H groups in total. The summed E-state index contributed by atoms with van der Waals surface area (Å²) in [6.45, 7) is 0.